The van der Waals surface area contributed by atoms with Crippen LogP contribution in [0.1, 0.15) is 5.56 Å². The Labute approximate surface area is 99.1 Å². The second-order valence-electron chi connectivity index (χ2n) is 3.52. The molecule has 0 unspecified atom stereocenters. The zero-order valence-corrected chi connectivity index (χ0v) is 9.31. The summed E-state index contributed by atoms with van der Waals surface area (Å²) in [5.41, 5.74) is 9.30. The number of benzene rings is 1. The molecule has 0 saturated heterocycles. The summed E-state index contributed by atoms with van der Waals surface area (Å²) in [7, 11) is 0. The lowest BCUT2D eigenvalue weighted by atomic mass is 10.2. The lowest BCUT2D eigenvalue weighted by molar-refractivity contribution is 0.0266. The Bertz CT molecular complexity index is 365. The Balaban J connectivity index is 2.40. The van der Waals surface area contributed by atoms with Crippen molar-refractivity contribution in [1.29, 1.82) is 0 Å². The Morgan fingerprint density at radius 3 is 2.65 bits per heavy atom. The highest BCUT2D eigenvalue weighted by atomic mass is 16.5. The molecular weight excluding hydrogens is 222 g/mol. The van der Waals surface area contributed by atoms with Gasteiger partial charge in [-0.25, -0.2) is 0 Å². The first-order valence-corrected chi connectivity index (χ1v) is 5.22. The van der Waals surface area contributed by atoms with Crippen molar-refractivity contribution in [2.45, 2.75) is 18.8 Å². The van der Waals surface area contributed by atoms with Crippen LogP contribution in [0.2, 0.25) is 0 Å². The van der Waals surface area contributed by atoms with E-state index in [1.54, 1.807) is 0 Å². The van der Waals surface area contributed by atoms with Crippen LogP contribution in [0, 0.1) is 0 Å². The van der Waals surface area contributed by atoms with Gasteiger partial charge in [0, 0.05) is 4.91 Å². The van der Waals surface area contributed by atoms with Gasteiger partial charge in [0.25, 0.3) is 0 Å². The third-order valence-electron chi connectivity index (χ3n) is 2.23. The quantitative estimate of drug-likeness (QED) is 0.424. The van der Waals surface area contributed by atoms with Gasteiger partial charge in [0.05, 0.1) is 32.0 Å². The Morgan fingerprint density at radius 1 is 1.35 bits per heavy atom. The Hall–Kier alpha value is -1.59. The van der Waals surface area contributed by atoms with Gasteiger partial charge < -0.3 is 14.9 Å². The Morgan fingerprint density at radius 2 is 2.06 bits per heavy atom. The average molecular weight is 237 g/mol. The molecule has 0 aliphatic rings. The molecule has 0 bridgehead atoms. The molecule has 2 atom stereocenters. The first kappa shape index (κ1) is 13.5. The van der Waals surface area contributed by atoms with E-state index in [1.807, 2.05) is 30.3 Å². The van der Waals surface area contributed by atoms with Crippen molar-refractivity contribution < 1.29 is 14.9 Å². The molecule has 0 spiro atoms. The summed E-state index contributed by atoms with van der Waals surface area (Å²) in [5.74, 6) is 0. The van der Waals surface area contributed by atoms with E-state index < -0.39 is 18.8 Å². The molecule has 0 heterocycles. The minimum atomic E-state index is -1.10. The summed E-state index contributed by atoms with van der Waals surface area (Å²) in [5, 5.41) is 21.5. The molecule has 0 fully saturated rings. The fourth-order valence-corrected chi connectivity index (χ4v) is 1.28. The molecule has 0 aliphatic heterocycles. The van der Waals surface area contributed by atoms with Crippen LogP contribution in [0.4, 0.5) is 0 Å². The number of nitrogens with zero attached hydrogens (tertiary/aromatic N) is 3. The van der Waals surface area contributed by atoms with E-state index in [0.717, 1.165) is 5.56 Å². The van der Waals surface area contributed by atoms with E-state index in [9.17, 15) is 5.11 Å². The Kier molecular flexibility index (Phi) is 6.06. The van der Waals surface area contributed by atoms with Gasteiger partial charge in [-0.05, 0) is 11.1 Å². The van der Waals surface area contributed by atoms with Crippen LogP contribution >= 0.6 is 0 Å². The van der Waals surface area contributed by atoms with Crippen LogP contribution in [-0.4, -0.2) is 35.6 Å². The van der Waals surface area contributed by atoms with Crippen molar-refractivity contribution in [2.75, 3.05) is 13.2 Å². The van der Waals surface area contributed by atoms with Gasteiger partial charge >= 0.3 is 0 Å². The molecule has 0 radical (unpaired) electrons. The fraction of sp³-hybridized carbons (Fsp3) is 0.455. The van der Waals surface area contributed by atoms with Crippen molar-refractivity contribution in [3.63, 3.8) is 0 Å². The summed E-state index contributed by atoms with van der Waals surface area (Å²) in [4.78, 5) is 2.60. The number of hydrogen-bond donors (Lipinski definition) is 2. The molecule has 0 amide bonds. The lowest BCUT2D eigenvalue weighted by Crippen LogP contribution is -2.31. The van der Waals surface area contributed by atoms with Gasteiger partial charge in [0.2, 0.25) is 0 Å². The zero-order valence-electron chi connectivity index (χ0n) is 9.31. The normalized spacial score (nSPS) is 13.8. The van der Waals surface area contributed by atoms with Crippen molar-refractivity contribution >= 4 is 0 Å². The van der Waals surface area contributed by atoms with Crippen LogP contribution in [-0.2, 0) is 11.3 Å². The van der Waals surface area contributed by atoms with Gasteiger partial charge in [-0.15, -0.1) is 0 Å². The standard InChI is InChI=1S/C11H15N3O3/c12-14-13-10(11(16)6-15)8-17-7-9-4-2-1-3-5-9/h1-5,10-11,15-16H,6-8H2/t10-,11-/m0/s1. The molecule has 2 N–H and O–H groups in total. The third kappa shape index (κ3) is 4.84. The number of azide groups is 1. The van der Waals surface area contributed by atoms with E-state index >= 15 is 0 Å². The first-order valence-electron chi connectivity index (χ1n) is 5.22. The monoisotopic (exact) mass is 237 g/mol. The maximum Gasteiger partial charge on any atom is 0.0889 e. The van der Waals surface area contributed by atoms with E-state index in [1.165, 1.54) is 0 Å². The van der Waals surface area contributed by atoms with Crippen LogP contribution in [0.25, 0.3) is 10.4 Å². The van der Waals surface area contributed by atoms with Gasteiger partial charge in [-0.2, -0.15) is 0 Å². The molecular formula is C11H15N3O3. The van der Waals surface area contributed by atoms with Crippen LogP contribution in [0.3, 0.4) is 0 Å². The van der Waals surface area contributed by atoms with Crippen molar-refractivity contribution in [3.05, 3.63) is 46.3 Å². The smallest absolute Gasteiger partial charge is 0.0889 e. The van der Waals surface area contributed by atoms with E-state index in [-0.39, 0.29) is 6.61 Å². The lowest BCUT2D eigenvalue weighted by Gasteiger charge is -2.16. The van der Waals surface area contributed by atoms with Crippen molar-refractivity contribution in [3.8, 4) is 0 Å². The minimum absolute atomic E-state index is 0.0701. The summed E-state index contributed by atoms with van der Waals surface area (Å²) in [6.45, 7) is -0.0184. The minimum Gasteiger partial charge on any atom is -0.394 e. The molecule has 1 rings (SSSR count). The largest absolute Gasteiger partial charge is 0.394 e. The van der Waals surface area contributed by atoms with E-state index in [0.29, 0.717) is 6.61 Å². The van der Waals surface area contributed by atoms with Gasteiger partial charge in [-0.3, -0.25) is 0 Å². The molecule has 1 aromatic carbocycles. The van der Waals surface area contributed by atoms with Crippen LogP contribution in [0.5, 0.6) is 0 Å². The van der Waals surface area contributed by atoms with E-state index in [2.05, 4.69) is 10.0 Å². The van der Waals surface area contributed by atoms with Crippen molar-refractivity contribution in [1.82, 2.24) is 0 Å². The molecule has 6 nitrogen and oxygen atoms in total. The summed E-state index contributed by atoms with van der Waals surface area (Å²) >= 11 is 0. The van der Waals surface area contributed by atoms with Crippen LogP contribution in [0.15, 0.2) is 35.4 Å². The summed E-state index contributed by atoms with van der Waals surface area (Å²) in [6.07, 6.45) is -1.10. The van der Waals surface area contributed by atoms with Crippen molar-refractivity contribution in [2.24, 2.45) is 5.11 Å². The predicted molar refractivity (Wildman–Crippen MR) is 62.1 cm³/mol. The molecule has 92 valence electrons. The molecule has 1 aromatic rings. The number of aliphatic hydroxyl groups is 2. The van der Waals surface area contributed by atoms with Gasteiger partial charge in [0.1, 0.15) is 0 Å². The molecule has 0 saturated carbocycles. The average Bonchev–Trinajstić information content (AvgIpc) is 2.38. The number of ether oxygens (including phenoxy) is 1. The fourth-order valence-electron chi connectivity index (χ4n) is 1.28. The highest BCUT2D eigenvalue weighted by molar-refractivity contribution is 5.13. The predicted octanol–water partition coefficient (Wildman–Crippen LogP) is 1.24. The molecule has 0 aromatic heterocycles. The van der Waals surface area contributed by atoms with Crippen LogP contribution < -0.4 is 0 Å². The third-order valence-corrected chi connectivity index (χ3v) is 2.23. The highest BCUT2D eigenvalue weighted by Gasteiger charge is 2.16. The molecule has 0 aliphatic carbocycles. The number of hydrogen-bond acceptors (Lipinski definition) is 4. The zero-order chi connectivity index (χ0) is 12.5. The SMILES string of the molecule is [N-]=[N+]=N[C@@H](COCc1ccccc1)[C@@H](O)CO. The second kappa shape index (κ2) is 7.65. The highest BCUT2D eigenvalue weighted by Crippen LogP contribution is 2.05. The van der Waals surface area contributed by atoms with Gasteiger partial charge in [-0.1, -0.05) is 35.4 Å². The summed E-state index contributed by atoms with van der Waals surface area (Å²) in [6, 6.07) is 8.74. The molecule has 6 heteroatoms. The topological polar surface area (TPSA) is 98.5 Å². The second-order valence-corrected chi connectivity index (χ2v) is 3.52. The summed E-state index contributed by atoms with van der Waals surface area (Å²) < 4.78 is 5.32. The van der Waals surface area contributed by atoms with Gasteiger partial charge in [0.15, 0.2) is 0 Å². The maximum atomic E-state index is 9.35. The molecule has 17 heavy (non-hydrogen) atoms. The number of rotatable bonds is 7. The number of aliphatic hydroxyl groups excluding tert-OH is 2. The van der Waals surface area contributed by atoms with E-state index in [4.69, 9.17) is 15.4 Å². The first-order chi connectivity index (χ1) is 8.27. The maximum absolute atomic E-state index is 9.35.